The number of halogens is 2. The molecule has 0 saturated heterocycles. The fourth-order valence-electron chi connectivity index (χ4n) is 2.73. The molecule has 0 atom stereocenters. The van der Waals surface area contributed by atoms with Gasteiger partial charge in [-0.15, -0.1) is 0 Å². The molecular formula is C21H15Cl2N3. The Morgan fingerprint density at radius 3 is 1.54 bits per heavy atom. The normalized spacial score (nSPS) is 14.4. The van der Waals surface area contributed by atoms with Crippen LogP contribution in [0.1, 0.15) is 22.9 Å². The van der Waals surface area contributed by atoms with Gasteiger partial charge >= 0.3 is 0 Å². The average molecular weight is 380 g/mol. The molecule has 0 radical (unpaired) electrons. The topological polar surface area (TPSA) is 36.8 Å². The molecule has 3 aromatic carbocycles. The van der Waals surface area contributed by atoms with Crippen molar-refractivity contribution in [3.05, 3.63) is 106 Å². The highest BCUT2D eigenvalue weighted by Gasteiger charge is 2.20. The zero-order valence-corrected chi connectivity index (χ0v) is 15.2. The Hall–Kier alpha value is -2.62. The van der Waals surface area contributed by atoms with Gasteiger partial charge in [-0.3, -0.25) is 0 Å². The molecule has 0 fully saturated rings. The van der Waals surface area contributed by atoms with E-state index in [9.17, 15) is 0 Å². The van der Waals surface area contributed by atoms with Crippen LogP contribution in [0.4, 0.5) is 0 Å². The van der Waals surface area contributed by atoms with Crippen molar-refractivity contribution in [1.82, 2.24) is 5.32 Å². The molecule has 0 saturated carbocycles. The number of hydrogen-bond donors (Lipinski definition) is 1. The Morgan fingerprint density at radius 1 is 0.615 bits per heavy atom. The van der Waals surface area contributed by atoms with Gasteiger partial charge < -0.3 is 5.32 Å². The number of amidine groups is 2. The van der Waals surface area contributed by atoms with Gasteiger partial charge in [0, 0.05) is 21.2 Å². The number of nitrogens with zero attached hydrogens (tertiary/aromatic N) is 2. The summed E-state index contributed by atoms with van der Waals surface area (Å²) in [5.41, 5.74) is 2.94. The van der Waals surface area contributed by atoms with Crippen LogP contribution in [0.2, 0.25) is 10.0 Å². The molecule has 1 aliphatic heterocycles. The van der Waals surface area contributed by atoms with Gasteiger partial charge in [-0.05, 0) is 54.1 Å². The van der Waals surface area contributed by atoms with E-state index in [0.717, 1.165) is 28.4 Å². The molecule has 4 rings (SSSR count). The van der Waals surface area contributed by atoms with E-state index in [0.29, 0.717) is 10.0 Å². The molecule has 1 aliphatic rings. The van der Waals surface area contributed by atoms with E-state index < -0.39 is 0 Å². The van der Waals surface area contributed by atoms with E-state index in [1.807, 2.05) is 78.9 Å². The standard InChI is InChI=1S/C21H15Cl2N3/c22-17-10-6-15(7-11-17)20-24-19(14-4-2-1-3-5-14)25-21(26-20)16-8-12-18(23)13-9-16/h1-13,19H,(H,24,25,26). The Bertz CT molecular complexity index is 901. The van der Waals surface area contributed by atoms with Gasteiger partial charge in [0.15, 0.2) is 6.17 Å². The maximum atomic E-state index is 6.02. The smallest absolute Gasteiger partial charge is 0.169 e. The summed E-state index contributed by atoms with van der Waals surface area (Å²) in [6, 6.07) is 25.2. The molecule has 0 bridgehead atoms. The molecule has 0 unspecified atom stereocenters. The number of aliphatic imine (C=N–C) groups is 2. The molecule has 3 aromatic rings. The van der Waals surface area contributed by atoms with Crippen molar-refractivity contribution in [1.29, 1.82) is 0 Å². The van der Waals surface area contributed by atoms with Crippen LogP contribution in [0.25, 0.3) is 0 Å². The maximum Gasteiger partial charge on any atom is 0.169 e. The van der Waals surface area contributed by atoms with E-state index in [-0.39, 0.29) is 6.17 Å². The summed E-state index contributed by atoms with van der Waals surface area (Å²) < 4.78 is 0. The fourth-order valence-corrected chi connectivity index (χ4v) is 2.99. The third kappa shape index (κ3) is 3.64. The lowest BCUT2D eigenvalue weighted by molar-refractivity contribution is 0.756. The predicted molar refractivity (Wildman–Crippen MR) is 108 cm³/mol. The van der Waals surface area contributed by atoms with Crippen LogP contribution < -0.4 is 5.32 Å². The molecule has 128 valence electrons. The first-order chi connectivity index (χ1) is 12.7. The molecule has 0 aromatic heterocycles. The van der Waals surface area contributed by atoms with Gasteiger partial charge in [0.05, 0.1) is 0 Å². The van der Waals surface area contributed by atoms with Crippen LogP contribution in [0, 0.1) is 0 Å². The molecule has 0 amide bonds. The average Bonchev–Trinajstić information content (AvgIpc) is 2.69. The Balaban J connectivity index is 1.76. The highest BCUT2D eigenvalue weighted by atomic mass is 35.5. The van der Waals surface area contributed by atoms with Crippen LogP contribution in [0.5, 0.6) is 0 Å². The molecule has 1 heterocycles. The van der Waals surface area contributed by atoms with Crippen molar-refractivity contribution >= 4 is 34.9 Å². The Kier molecular flexibility index (Phi) is 4.74. The quantitative estimate of drug-likeness (QED) is 0.641. The SMILES string of the molecule is Clc1ccc(C2=NC(c3ccccc3)N=C(c3ccc(Cl)cc3)N2)cc1. The molecule has 0 spiro atoms. The first kappa shape index (κ1) is 16.8. The second kappa shape index (κ2) is 7.32. The maximum absolute atomic E-state index is 6.02. The second-order valence-corrected chi connectivity index (χ2v) is 6.75. The third-order valence-electron chi connectivity index (χ3n) is 4.07. The second-order valence-electron chi connectivity index (χ2n) is 5.88. The minimum absolute atomic E-state index is 0.311. The van der Waals surface area contributed by atoms with Crippen molar-refractivity contribution in [2.24, 2.45) is 9.98 Å². The molecule has 5 heteroatoms. The zero-order valence-electron chi connectivity index (χ0n) is 13.7. The molecular weight excluding hydrogens is 365 g/mol. The summed E-state index contributed by atoms with van der Waals surface area (Å²) >= 11 is 12.0. The first-order valence-corrected chi connectivity index (χ1v) is 8.94. The largest absolute Gasteiger partial charge is 0.324 e. The molecule has 3 nitrogen and oxygen atoms in total. The Morgan fingerprint density at radius 2 is 1.08 bits per heavy atom. The summed E-state index contributed by atoms with van der Waals surface area (Å²) in [6.07, 6.45) is -0.311. The summed E-state index contributed by atoms with van der Waals surface area (Å²) in [5, 5.41) is 4.72. The fraction of sp³-hybridized carbons (Fsp3) is 0.0476. The Labute approximate surface area is 162 Å². The molecule has 1 N–H and O–H groups in total. The molecule has 0 aliphatic carbocycles. The van der Waals surface area contributed by atoms with Gasteiger partial charge in [0.1, 0.15) is 11.7 Å². The summed E-state index contributed by atoms with van der Waals surface area (Å²) in [7, 11) is 0. The lowest BCUT2D eigenvalue weighted by Crippen LogP contribution is -2.36. The van der Waals surface area contributed by atoms with Crippen molar-refractivity contribution in [3.63, 3.8) is 0 Å². The van der Waals surface area contributed by atoms with Gasteiger partial charge in [-0.1, -0.05) is 53.5 Å². The summed E-state index contributed by atoms with van der Waals surface area (Å²) in [6.45, 7) is 0. The number of hydrogen-bond acceptors (Lipinski definition) is 3. The number of nitrogens with one attached hydrogen (secondary N) is 1. The minimum Gasteiger partial charge on any atom is -0.324 e. The van der Waals surface area contributed by atoms with Crippen LogP contribution >= 0.6 is 23.2 Å². The highest BCUT2D eigenvalue weighted by Crippen LogP contribution is 2.24. The van der Waals surface area contributed by atoms with Gasteiger partial charge in [-0.2, -0.15) is 0 Å². The van der Waals surface area contributed by atoms with Crippen molar-refractivity contribution in [3.8, 4) is 0 Å². The van der Waals surface area contributed by atoms with E-state index in [4.69, 9.17) is 33.2 Å². The minimum atomic E-state index is -0.311. The van der Waals surface area contributed by atoms with Crippen molar-refractivity contribution < 1.29 is 0 Å². The highest BCUT2D eigenvalue weighted by molar-refractivity contribution is 6.31. The van der Waals surface area contributed by atoms with Crippen LogP contribution in [0.3, 0.4) is 0 Å². The van der Waals surface area contributed by atoms with Gasteiger partial charge in [0.25, 0.3) is 0 Å². The number of rotatable bonds is 3. The van der Waals surface area contributed by atoms with Crippen LogP contribution in [-0.2, 0) is 0 Å². The van der Waals surface area contributed by atoms with E-state index in [1.54, 1.807) is 0 Å². The van der Waals surface area contributed by atoms with Crippen LogP contribution in [0.15, 0.2) is 88.8 Å². The van der Waals surface area contributed by atoms with E-state index >= 15 is 0 Å². The first-order valence-electron chi connectivity index (χ1n) is 8.18. The summed E-state index contributed by atoms with van der Waals surface area (Å²) in [5.74, 6) is 1.52. The van der Waals surface area contributed by atoms with Crippen LogP contribution in [-0.4, -0.2) is 11.7 Å². The third-order valence-corrected chi connectivity index (χ3v) is 4.58. The monoisotopic (exact) mass is 379 g/mol. The number of benzene rings is 3. The predicted octanol–water partition coefficient (Wildman–Crippen LogP) is 5.49. The van der Waals surface area contributed by atoms with Gasteiger partial charge in [0.2, 0.25) is 0 Å². The van der Waals surface area contributed by atoms with Crippen molar-refractivity contribution in [2.75, 3.05) is 0 Å². The van der Waals surface area contributed by atoms with E-state index in [2.05, 4.69) is 5.32 Å². The molecule has 26 heavy (non-hydrogen) atoms. The lowest BCUT2D eigenvalue weighted by atomic mass is 10.1. The lowest BCUT2D eigenvalue weighted by Gasteiger charge is -2.22. The van der Waals surface area contributed by atoms with Crippen molar-refractivity contribution in [2.45, 2.75) is 6.17 Å². The van der Waals surface area contributed by atoms with E-state index in [1.165, 1.54) is 0 Å². The van der Waals surface area contributed by atoms with Gasteiger partial charge in [-0.25, -0.2) is 9.98 Å². The zero-order chi connectivity index (χ0) is 17.9. The summed E-state index contributed by atoms with van der Waals surface area (Å²) in [4.78, 5) is 9.59.